The van der Waals surface area contributed by atoms with Crippen LogP contribution in [0.3, 0.4) is 0 Å². The molecule has 110 valence electrons. The molecule has 6 heteroatoms. The molecule has 0 aliphatic carbocycles. The molecule has 0 saturated carbocycles. The largest absolute Gasteiger partial charge is 0.287 e. The maximum Gasteiger partial charge on any atom is 0.255 e. The average molecular weight is 382 g/mol. The normalized spacial score (nSPS) is 12.2. The summed E-state index contributed by atoms with van der Waals surface area (Å²) in [6.07, 6.45) is 2.52. The summed E-state index contributed by atoms with van der Waals surface area (Å²) in [4.78, 5) is 23.8. The third-order valence-corrected chi connectivity index (χ3v) is 5.12. The number of hydrogen-bond acceptors (Lipinski definition) is 3. The second-order valence-electron chi connectivity index (χ2n) is 4.35. The predicted octanol–water partition coefficient (Wildman–Crippen LogP) is 5.41. The molecule has 1 atom stereocenters. The van der Waals surface area contributed by atoms with Crippen LogP contribution in [-0.2, 0) is 4.79 Å². The number of carbonyl (C=O) groups is 2. The predicted molar refractivity (Wildman–Crippen MR) is 83.8 cm³/mol. The van der Waals surface area contributed by atoms with Gasteiger partial charge in [0.25, 0.3) is 5.24 Å². The van der Waals surface area contributed by atoms with Crippen LogP contribution in [0.25, 0.3) is 0 Å². The van der Waals surface area contributed by atoms with Crippen LogP contribution in [0.2, 0.25) is 0 Å². The highest BCUT2D eigenvalue weighted by atomic mass is 79.9. The van der Waals surface area contributed by atoms with Crippen LogP contribution in [-0.4, -0.2) is 10.4 Å². The van der Waals surface area contributed by atoms with Gasteiger partial charge in [-0.2, -0.15) is 0 Å². The summed E-state index contributed by atoms with van der Waals surface area (Å²) in [5.74, 6) is -0.730. The van der Waals surface area contributed by atoms with Crippen LogP contribution in [0.5, 0.6) is 0 Å². The van der Waals surface area contributed by atoms with Crippen molar-refractivity contribution in [1.82, 2.24) is 0 Å². The second-order valence-corrected chi connectivity index (χ2v) is 6.60. The van der Waals surface area contributed by atoms with Gasteiger partial charge in [0, 0.05) is 15.3 Å². The fourth-order valence-corrected chi connectivity index (χ4v) is 3.49. The van der Waals surface area contributed by atoms with Gasteiger partial charge in [0.05, 0.1) is 5.56 Å². The summed E-state index contributed by atoms with van der Waals surface area (Å²) in [5, 5.41) is -0.848. The van der Waals surface area contributed by atoms with Gasteiger partial charge < -0.3 is 0 Å². The lowest BCUT2D eigenvalue weighted by Gasteiger charge is -2.13. The summed E-state index contributed by atoms with van der Waals surface area (Å²) in [6, 6.07) is 2.47. The Morgan fingerprint density at radius 2 is 2.05 bits per heavy atom. The van der Waals surface area contributed by atoms with Gasteiger partial charge in [-0.15, -0.1) is 0 Å². The highest BCUT2D eigenvalue weighted by Crippen LogP contribution is 2.34. The third-order valence-electron chi connectivity index (χ3n) is 2.91. The first kappa shape index (κ1) is 17.7. The van der Waals surface area contributed by atoms with Crippen molar-refractivity contribution in [1.29, 1.82) is 0 Å². The van der Waals surface area contributed by atoms with Crippen LogP contribution in [0.15, 0.2) is 21.5 Å². The summed E-state index contributed by atoms with van der Waals surface area (Å²) in [7, 11) is 0. The van der Waals surface area contributed by atoms with Crippen molar-refractivity contribution < 1.29 is 14.0 Å². The maximum absolute atomic E-state index is 13.5. The van der Waals surface area contributed by atoms with Gasteiger partial charge in [-0.05, 0) is 52.5 Å². The molecule has 2 nitrogen and oxygen atoms in total. The first-order chi connectivity index (χ1) is 9.40. The molecule has 1 rings (SSSR count). The molecule has 0 heterocycles. The summed E-state index contributed by atoms with van der Waals surface area (Å²) in [5.41, 5.74) is -0.214. The lowest BCUT2D eigenvalue weighted by atomic mass is 10.0. The van der Waals surface area contributed by atoms with E-state index >= 15 is 0 Å². The van der Waals surface area contributed by atoms with Crippen LogP contribution in [0.4, 0.5) is 4.39 Å². The van der Waals surface area contributed by atoms with Crippen molar-refractivity contribution in [2.24, 2.45) is 5.92 Å². The number of carbonyl (C=O) groups excluding carboxylic acids is 2. The zero-order valence-corrected chi connectivity index (χ0v) is 14.4. The lowest BCUT2D eigenvalue weighted by Crippen LogP contribution is -2.09. The van der Waals surface area contributed by atoms with Crippen molar-refractivity contribution in [2.75, 3.05) is 0 Å². The summed E-state index contributed by atoms with van der Waals surface area (Å²) < 4.78 is 14.0. The number of hydrogen-bond donors (Lipinski definition) is 0. The van der Waals surface area contributed by atoms with Crippen molar-refractivity contribution in [3.63, 3.8) is 0 Å². The van der Waals surface area contributed by atoms with Crippen LogP contribution in [0, 0.1) is 11.7 Å². The van der Waals surface area contributed by atoms with E-state index in [1.807, 2.05) is 13.8 Å². The number of halogens is 3. The van der Waals surface area contributed by atoms with Crippen LogP contribution < -0.4 is 0 Å². The monoisotopic (exact) mass is 380 g/mol. The number of thioether (sulfide) groups is 1. The van der Waals surface area contributed by atoms with E-state index in [9.17, 15) is 14.0 Å². The van der Waals surface area contributed by atoms with Gasteiger partial charge in [0.1, 0.15) is 5.82 Å². The Morgan fingerprint density at radius 3 is 2.55 bits per heavy atom. The molecule has 20 heavy (non-hydrogen) atoms. The van der Waals surface area contributed by atoms with Gasteiger partial charge in [-0.25, -0.2) is 4.39 Å². The Labute approximate surface area is 135 Å². The van der Waals surface area contributed by atoms with Gasteiger partial charge in [-0.1, -0.05) is 32.0 Å². The number of benzene rings is 1. The average Bonchev–Trinajstić information content (AvgIpc) is 2.38. The van der Waals surface area contributed by atoms with Crippen molar-refractivity contribution in [2.45, 2.75) is 38.0 Å². The molecule has 1 aromatic rings. The molecular formula is C14H15BrClFO2S. The Hall–Kier alpha value is -0.390. The minimum atomic E-state index is -0.870. The molecule has 0 N–H and O–H groups in total. The van der Waals surface area contributed by atoms with E-state index in [1.165, 1.54) is 6.07 Å². The smallest absolute Gasteiger partial charge is 0.255 e. The van der Waals surface area contributed by atoms with Crippen LogP contribution in [0.1, 0.15) is 43.5 Å². The van der Waals surface area contributed by atoms with E-state index in [4.69, 9.17) is 11.6 Å². The fraction of sp³-hybridized carbons (Fsp3) is 0.429. The molecule has 0 aromatic heterocycles. The summed E-state index contributed by atoms with van der Waals surface area (Å²) in [6.45, 7) is 3.99. The molecule has 0 saturated heterocycles. The molecular weight excluding hydrogens is 367 g/mol. The minimum absolute atomic E-state index is 0.0228. The Bertz CT molecular complexity index is 522. The highest BCUT2D eigenvalue weighted by Gasteiger charge is 2.20. The van der Waals surface area contributed by atoms with Gasteiger partial charge >= 0.3 is 0 Å². The molecule has 1 unspecified atom stereocenters. The van der Waals surface area contributed by atoms with Crippen LogP contribution >= 0.6 is 39.3 Å². The van der Waals surface area contributed by atoms with E-state index in [2.05, 4.69) is 15.9 Å². The Balaban J connectivity index is 3.00. The third kappa shape index (κ3) is 4.57. The Kier molecular flexibility index (Phi) is 7.20. The summed E-state index contributed by atoms with van der Waals surface area (Å²) >= 11 is 9.54. The van der Waals surface area contributed by atoms with Crippen molar-refractivity contribution in [3.8, 4) is 0 Å². The SMILES string of the molecule is CCCC(CC)C(=O)Sc1cc(C(=O)Cl)c(F)cc1Br. The van der Waals surface area contributed by atoms with E-state index in [0.717, 1.165) is 37.1 Å². The molecule has 1 aromatic carbocycles. The van der Waals surface area contributed by atoms with E-state index < -0.39 is 11.1 Å². The molecule has 0 bridgehead atoms. The zero-order valence-electron chi connectivity index (χ0n) is 11.2. The molecule has 0 aliphatic heterocycles. The zero-order chi connectivity index (χ0) is 15.3. The van der Waals surface area contributed by atoms with Crippen molar-refractivity contribution >= 4 is 49.7 Å². The molecule has 0 aliphatic rings. The Morgan fingerprint density at radius 1 is 1.40 bits per heavy atom. The van der Waals surface area contributed by atoms with E-state index in [0.29, 0.717) is 9.37 Å². The van der Waals surface area contributed by atoms with Gasteiger partial charge in [0.2, 0.25) is 0 Å². The fourth-order valence-electron chi connectivity index (χ4n) is 1.79. The first-order valence-electron chi connectivity index (χ1n) is 6.31. The molecule has 0 spiro atoms. The second kappa shape index (κ2) is 8.15. The topological polar surface area (TPSA) is 34.1 Å². The van der Waals surface area contributed by atoms with Crippen molar-refractivity contribution in [3.05, 3.63) is 28.0 Å². The standard InChI is InChI=1S/C14H15BrClFO2S/c1-3-5-8(4-2)14(19)20-12-6-9(13(16)18)11(17)7-10(12)15/h6-8H,3-5H2,1-2H3. The highest BCUT2D eigenvalue weighted by molar-refractivity contribution is 9.10. The van der Waals surface area contributed by atoms with E-state index in [1.54, 1.807) is 0 Å². The molecule has 0 amide bonds. The molecule has 0 radical (unpaired) electrons. The van der Waals surface area contributed by atoms with Gasteiger partial charge in [-0.3, -0.25) is 9.59 Å². The number of rotatable bonds is 6. The van der Waals surface area contributed by atoms with Gasteiger partial charge in [0.15, 0.2) is 5.12 Å². The molecule has 0 fully saturated rings. The van der Waals surface area contributed by atoms with E-state index in [-0.39, 0.29) is 16.6 Å². The first-order valence-corrected chi connectivity index (χ1v) is 8.29. The quantitative estimate of drug-likeness (QED) is 0.488. The lowest BCUT2D eigenvalue weighted by molar-refractivity contribution is -0.114. The maximum atomic E-state index is 13.5. The minimum Gasteiger partial charge on any atom is -0.287 e.